The van der Waals surface area contributed by atoms with Gasteiger partial charge in [0.15, 0.2) is 0 Å². The molecule has 0 amide bonds. The Kier molecular flexibility index (Phi) is 12.2. The van der Waals surface area contributed by atoms with E-state index in [0.717, 1.165) is 62.2 Å². The maximum Gasteiger partial charge on any atom is 0.309 e. The summed E-state index contributed by atoms with van der Waals surface area (Å²) in [5.41, 5.74) is 0. The van der Waals surface area contributed by atoms with Gasteiger partial charge in [-0.1, -0.05) is 77.1 Å². The lowest BCUT2D eigenvalue weighted by molar-refractivity contribution is -0.157. The summed E-state index contributed by atoms with van der Waals surface area (Å²) in [5.74, 6) is 12.7. The Morgan fingerprint density at radius 2 is 1.11 bits per heavy atom. The molecule has 4 aliphatic carbocycles. The number of esters is 1. The van der Waals surface area contributed by atoms with Crippen LogP contribution >= 0.6 is 0 Å². The van der Waals surface area contributed by atoms with Gasteiger partial charge in [-0.3, -0.25) is 4.79 Å². The molecular formula is C35H58O2. The highest BCUT2D eigenvalue weighted by Crippen LogP contribution is 2.42. The zero-order valence-electron chi connectivity index (χ0n) is 24.5. The van der Waals surface area contributed by atoms with Gasteiger partial charge < -0.3 is 4.74 Å². The van der Waals surface area contributed by atoms with Crippen LogP contribution in [0.4, 0.5) is 0 Å². The van der Waals surface area contributed by atoms with E-state index in [4.69, 9.17) is 4.74 Å². The Morgan fingerprint density at radius 3 is 1.68 bits per heavy atom. The monoisotopic (exact) mass is 510 g/mol. The molecule has 0 aromatic rings. The normalized spacial score (nSPS) is 36.8. The molecule has 4 saturated carbocycles. The van der Waals surface area contributed by atoms with E-state index in [1.54, 1.807) is 0 Å². The summed E-state index contributed by atoms with van der Waals surface area (Å²) in [6, 6.07) is 0. The van der Waals surface area contributed by atoms with Crippen molar-refractivity contribution in [1.82, 2.24) is 0 Å². The predicted molar refractivity (Wildman–Crippen MR) is 155 cm³/mol. The van der Waals surface area contributed by atoms with Gasteiger partial charge in [0.25, 0.3) is 0 Å². The van der Waals surface area contributed by atoms with Gasteiger partial charge in [0.2, 0.25) is 0 Å². The van der Waals surface area contributed by atoms with Gasteiger partial charge in [0.05, 0.1) is 5.92 Å². The van der Waals surface area contributed by atoms with Crippen molar-refractivity contribution in [2.45, 2.75) is 161 Å². The van der Waals surface area contributed by atoms with E-state index in [-0.39, 0.29) is 18.0 Å². The van der Waals surface area contributed by atoms with Gasteiger partial charge in [-0.05, 0) is 114 Å². The molecule has 4 fully saturated rings. The van der Waals surface area contributed by atoms with Gasteiger partial charge in [0.1, 0.15) is 6.10 Å². The molecule has 0 saturated heterocycles. The average Bonchev–Trinajstić information content (AvgIpc) is 2.94. The highest BCUT2D eigenvalue weighted by Gasteiger charge is 2.32. The van der Waals surface area contributed by atoms with Crippen molar-refractivity contribution in [3.63, 3.8) is 0 Å². The summed E-state index contributed by atoms with van der Waals surface area (Å²) >= 11 is 0. The van der Waals surface area contributed by atoms with E-state index in [1.165, 1.54) is 103 Å². The zero-order valence-corrected chi connectivity index (χ0v) is 24.5. The fourth-order valence-corrected chi connectivity index (χ4v) is 8.28. The average molecular weight is 511 g/mol. The van der Waals surface area contributed by atoms with E-state index in [0.29, 0.717) is 11.8 Å². The molecule has 2 nitrogen and oxygen atoms in total. The van der Waals surface area contributed by atoms with Gasteiger partial charge in [-0.25, -0.2) is 0 Å². The minimum absolute atomic E-state index is 0.108. The first-order chi connectivity index (χ1) is 18.1. The largest absolute Gasteiger partial charge is 0.462 e. The molecular weight excluding hydrogens is 452 g/mol. The number of carbonyl (C=O) groups excluding carboxylic acids is 1. The van der Waals surface area contributed by atoms with Crippen LogP contribution in [0.25, 0.3) is 0 Å². The zero-order chi connectivity index (χ0) is 25.9. The standard InChI is InChI=1S/C35H58O2/c1-3-5-6-8-28-15-23-33(24-16-28)35(36)37-34-25-17-30(18-26-34)10-9-29-13-21-32(22-14-29)31-19-11-27(7-4-2)12-20-31/h27-34H,3-8,11-26H2,1-2H3. The summed E-state index contributed by atoms with van der Waals surface area (Å²) in [7, 11) is 0. The second kappa shape index (κ2) is 15.6. The topological polar surface area (TPSA) is 26.3 Å². The predicted octanol–water partition coefficient (Wildman–Crippen LogP) is 9.89. The fourth-order valence-electron chi connectivity index (χ4n) is 8.28. The third-order valence-corrected chi connectivity index (χ3v) is 10.9. The van der Waals surface area contributed by atoms with Gasteiger partial charge in [0, 0.05) is 11.8 Å². The lowest BCUT2D eigenvalue weighted by atomic mass is 9.69. The number of ether oxygens (including phenoxy) is 1. The van der Waals surface area contributed by atoms with Crippen LogP contribution in [0, 0.1) is 53.3 Å². The third-order valence-electron chi connectivity index (χ3n) is 10.9. The van der Waals surface area contributed by atoms with E-state index >= 15 is 0 Å². The van der Waals surface area contributed by atoms with Crippen LogP contribution < -0.4 is 0 Å². The fraction of sp³-hybridized carbons (Fsp3) is 0.914. The van der Waals surface area contributed by atoms with Crippen LogP contribution in [0.5, 0.6) is 0 Å². The Morgan fingerprint density at radius 1 is 0.595 bits per heavy atom. The molecule has 0 radical (unpaired) electrons. The first kappa shape index (κ1) is 29.0. The molecule has 0 bridgehead atoms. The van der Waals surface area contributed by atoms with E-state index in [9.17, 15) is 4.79 Å². The van der Waals surface area contributed by atoms with Crippen molar-refractivity contribution < 1.29 is 9.53 Å². The van der Waals surface area contributed by atoms with Gasteiger partial charge >= 0.3 is 5.97 Å². The Labute approximate surface area is 229 Å². The van der Waals surface area contributed by atoms with Crippen molar-refractivity contribution in [3.05, 3.63) is 0 Å². The maximum absolute atomic E-state index is 12.8. The van der Waals surface area contributed by atoms with Gasteiger partial charge in [-0.15, -0.1) is 0 Å². The van der Waals surface area contributed by atoms with Crippen molar-refractivity contribution >= 4 is 5.97 Å². The maximum atomic E-state index is 12.8. The SMILES string of the molecule is CCCCCC1CCC(C(=O)OC2CCC(C#CC3CCC(C4CCC(CCC)CC4)CC3)CC2)CC1. The molecule has 0 aromatic carbocycles. The molecule has 4 aliphatic rings. The number of hydrogen-bond donors (Lipinski definition) is 0. The molecule has 210 valence electrons. The number of hydrogen-bond acceptors (Lipinski definition) is 2. The minimum atomic E-state index is 0.108. The van der Waals surface area contributed by atoms with E-state index < -0.39 is 0 Å². The lowest BCUT2D eigenvalue weighted by Crippen LogP contribution is -2.30. The van der Waals surface area contributed by atoms with Crippen molar-refractivity contribution in [1.29, 1.82) is 0 Å². The first-order valence-electron chi connectivity index (χ1n) is 16.9. The molecule has 2 heteroatoms. The third kappa shape index (κ3) is 9.32. The van der Waals surface area contributed by atoms with Crippen LogP contribution in [0.1, 0.15) is 155 Å². The lowest BCUT2D eigenvalue weighted by Gasteiger charge is -2.37. The van der Waals surface area contributed by atoms with Crippen molar-refractivity contribution in [2.75, 3.05) is 0 Å². The van der Waals surface area contributed by atoms with Crippen LogP contribution in [0.2, 0.25) is 0 Å². The Balaban J connectivity index is 1.08. The highest BCUT2D eigenvalue weighted by atomic mass is 16.5. The molecule has 0 aromatic heterocycles. The molecule has 0 heterocycles. The highest BCUT2D eigenvalue weighted by molar-refractivity contribution is 5.72. The van der Waals surface area contributed by atoms with E-state index in [1.807, 2.05) is 0 Å². The molecule has 0 spiro atoms. The number of rotatable bonds is 9. The molecule has 0 unspecified atom stereocenters. The van der Waals surface area contributed by atoms with Gasteiger partial charge in [-0.2, -0.15) is 0 Å². The van der Waals surface area contributed by atoms with Crippen molar-refractivity contribution in [3.8, 4) is 11.8 Å². The Hall–Kier alpha value is -0.970. The summed E-state index contributed by atoms with van der Waals surface area (Å²) in [4.78, 5) is 12.8. The molecule has 37 heavy (non-hydrogen) atoms. The van der Waals surface area contributed by atoms with Crippen LogP contribution in [0.15, 0.2) is 0 Å². The molecule has 0 atom stereocenters. The molecule has 0 N–H and O–H groups in total. The Bertz CT molecular complexity index is 699. The smallest absolute Gasteiger partial charge is 0.309 e. The molecule has 4 rings (SSSR count). The second-order valence-electron chi connectivity index (χ2n) is 13.6. The summed E-state index contributed by atoms with van der Waals surface area (Å²) in [5, 5.41) is 0. The van der Waals surface area contributed by atoms with Crippen LogP contribution in [0.3, 0.4) is 0 Å². The minimum Gasteiger partial charge on any atom is -0.462 e. The molecule has 0 aliphatic heterocycles. The summed E-state index contributed by atoms with van der Waals surface area (Å²) < 4.78 is 6.01. The van der Waals surface area contributed by atoms with Crippen LogP contribution in [-0.2, 0) is 9.53 Å². The van der Waals surface area contributed by atoms with Crippen molar-refractivity contribution in [2.24, 2.45) is 41.4 Å². The number of unbranched alkanes of at least 4 members (excludes halogenated alkanes) is 2. The van der Waals surface area contributed by atoms with Crippen LogP contribution in [-0.4, -0.2) is 12.1 Å². The summed E-state index contributed by atoms with van der Waals surface area (Å²) in [6.45, 7) is 4.62. The first-order valence-corrected chi connectivity index (χ1v) is 16.9. The quantitative estimate of drug-likeness (QED) is 0.175. The summed E-state index contributed by atoms with van der Waals surface area (Å²) in [6.07, 6.45) is 28.7. The second-order valence-corrected chi connectivity index (χ2v) is 13.6. The van der Waals surface area contributed by atoms with E-state index in [2.05, 4.69) is 25.7 Å². The number of carbonyl (C=O) groups is 1.